The van der Waals surface area contributed by atoms with E-state index < -0.39 is 35.9 Å². The molecule has 2 aliphatic rings. The first-order valence-electron chi connectivity index (χ1n) is 14.0. The van der Waals surface area contributed by atoms with E-state index in [9.17, 15) is 35.9 Å². The number of carbonyl (C=O) groups excluding carboxylic acids is 2. The van der Waals surface area contributed by atoms with Crippen LogP contribution in [0, 0.1) is 11.3 Å². The van der Waals surface area contributed by atoms with E-state index in [1.165, 1.54) is 12.1 Å². The van der Waals surface area contributed by atoms with Crippen molar-refractivity contribution in [1.29, 1.82) is 0 Å². The Hall–Kier alpha value is -3.48. The molecule has 2 heterocycles. The number of piperidine rings is 1. The van der Waals surface area contributed by atoms with Gasteiger partial charge in [0.25, 0.3) is 0 Å². The first-order valence-corrected chi connectivity index (χ1v) is 14.0. The van der Waals surface area contributed by atoms with Gasteiger partial charge in [0.1, 0.15) is 11.5 Å². The van der Waals surface area contributed by atoms with Crippen LogP contribution in [0.5, 0.6) is 11.5 Å². The average Bonchev–Trinajstić information content (AvgIpc) is 3.24. The molecule has 1 atom stereocenters. The zero-order chi connectivity index (χ0) is 31.4. The van der Waals surface area contributed by atoms with Crippen LogP contribution in [0.3, 0.4) is 0 Å². The SMILES string of the molecule is CC(C)COc1ccccc1CN1CCC2(CCN(C(=O)Cc3ccc(OC(F)(F)F)cc3)CC2)C1OC(=O)C(F)(F)F. The van der Waals surface area contributed by atoms with Crippen molar-refractivity contribution in [2.24, 2.45) is 11.3 Å². The first-order chi connectivity index (χ1) is 20.1. The predicted octanol–water partition coefficient (Wildman–Crippen LogP) is 6.11. The van der Waals surface area contributed by atoms with Crippen LogP contribution >= 0.6 is 0 Å². The molecule has 7 nitrogen and oxygen atoms in total. The van der Waals surface area contributed by atoms with Gasteiger partial charge in [-0.2, -0.15) is 13.2 Å². The molecule has 0 saturated carbocycles. The van der Waals surface area contributed by atoms with Gasteiger partial charge in [-0.15, -0.1) is 13.2 Å². The number of halogens is 6. The quantitative estimate of drug-likeness (QED) is 0.250. The molecule has 2 aliphatic heterocycles. The summed E-state index contributed by atoms with van der Waals surface area (Å²) in [4.78, 5) is 28.3. The van der Waals surface area contributed by atoms with Gasteiger partial charge in [0.2, 0.25) is 5.91 Å². The molecular weight excluding hydrogens is 582 g/mol. The lowest BCUT2D eigenvalue weighted by Gasteiger charge is -2.43. The third-order valence-electron chi connectivity index (χ3n) is 7.74. The van der Waals surface area contributed by atoms with Crippen LogP contribution in [-0.4, -0.2) is 66.7 Å². The fourth-order valence-corrected chi connectivity index (χ4v) is 5.57. The number of rotatable bonds is 9. The number of alkyl halides is 6. The highest BCUT2D eigenvalue weighted by Gasteiger charge is 2.54. The molecule has 43 heavy (non-hydrogen) atoms. The minimum absolute atomic E-state index is 0.0644. The molecule has 236 valence electrons. The number of nitrogens with zero attached hydrogens (tertiary/aromatic N) is 2. The third kappa shape index (κ3) is 8.55. The maximum atomic E-state index is 13.3. The van der Waals surface area contributed by atoms with E-state index in [-0.39, 0.29) is 37.9 Å². The van der Waals surface area contributed by atoms with Crippen molar-refractivity contribution in [2.75, 3.05) is 26.2 Å². The molecule has 0 N–H and O–H groups in total. The molecular formula is C30H34F6N2O5. The zero-order valence-corrected chi connectivity index (χ0v) is 23.8. The number of esters is 1. The van der Waals surface area contributed by atoms with Crippen LogP contribution in [0.15, 0.2) is 48.5 Å². The summed E-state index contributed by atoms with van der Waals surface area (Å²) in [6.07, 6.45) is -10.1. The molecule has 0 bridgehead atoms. The summed E-state index contributed by atoms with van der Waals surface area (Å²) in [5.41, 5.74) is 0.455. The minimum atomic E-state index is -5.16. The largest absolute Gasteiger partial charge is 0.573 e. The highest BCUT2D eigenvalue weighted by atomic mass is 19.4. The topological polar surface area (TPSA) is 68.3 Å². The van der Waals surface area contributed by atoms with Gasteiger partial charge in [-0.05, 0) is 48.9 Å². The van der Waals surface area contributed by atoms with Gasteiger partial charge in [-0.25, -0.2) is 4.79 Å². The lowest BCUT2D eigenvalue weighted by Crippen LogP contribution is -2.51. The molecule has 2 aromatic carbocycles. The Kier molecular flexibility index (Phi) is 9.83. The Morgan fingerprint density at radius 2 is 1.56 bits per heavy atom. The Bertz CT molecular complexity index is 1260. The average molecular weight is 617 g/mol. The fraction of sp³-hybridized carbons (Fsp3) is 0.533. The second-order valence-corrected chi connectivity index (χ2v) is 11.4. The second kappa shape index (κ2) is 13.0. The van der Waals surface area contributed by atoms with E-state index in [2.05, 4.69) is 4.74 Å². The zero-order valence-electron chi connectivity index (χ0n) is 23.8. The van der Waals surface area contributed by atoms with Crippen molar-refractivity contribution >= 4 is 11.9 Å². The number of carbonyl (C=O) groups is 2. The number of likely N-dealkylation sites (tertiary alicyclic amines) is 2. The Morgan fingerprint density at radius 3 is 2.16 bits per heavy atom. The summed E-state index contributed by atoms with van der Waals surface area (Å²) in [6.45, 7) is 5.52. The summed E-state index contributed by atoms with van der Waals surface area (Å²) in [6, 6.07) is 12.2. The normalized spacial score (nSPS) is 19.1. The van der Waals surface area contributed by atoms with Gasteiger partial charge in [0.15, 0.2) is 6.23 Å². The van der Waals surface area contributed by atoms with E-state index in [0.29, 0.717) is 43.7 Å². The Morgan fingerprint density at radius 1 is 0.930 bits per heavy atom. The van der Waals surface area contributed by atoms with Crippen LogP contribution in [-0.2, 0) is 27.3 Å². The molecule has 1 spiro atoms. The molecule has 0 aromatic heterocycles. The lowest BCUT2D eigenvalue weighted by atomic mass is 9.76. The third-order valence-corrected chi connectivity index (χ3v) is 7.74. The summed E-state index contributed by atoms with van der Waals surface area (Å²) in [5, 5.41) is 0. The maximum Gasteiger partial charge on any atom is 0.573 e. The molecule has 0 aliphatic carbocycles. The fourth-order valence-electron chi connectivity index (χ4n) is 5.57. The number of amides is 1. The van der Waals surface area contributed by atoms with Crippen LogP contribution in [0.4, 0.5) is 26.3 Å². The van der Waals surface area contributed by atoms with Gasteiger partial charge in [-0.3, -0.25) is 9.69 Å². The smallest absolute Gasteiger partial charge is 0.493 e. The molecule has 4 rings (SSSR count). The molecule has 2 saturated heterocycles. The Labute approximate surface area is 245 Å². The molecule has 1 amide bonds. The molecule has 0 radical (unpaired) electrons. The van der Waals surface area contributed by atoms with Gasteiger partial charge in [0, 0.05) is 37.2 Å². The van der Waals surface area contributed by atoms with E-state index >= 15 is 0 Å². The summed E-state index contributed by atoms with van der Waals surface area (Å²) >= 11 is 0. The summed E-state index contributed by atoms with van der Waals surface area (Å²) in [5.74, 6) is -2.06. The molecule has 1 unspecified atom stereocenters. The summed E-state index contributed by atoms with van der Waals surface area (Å²) < 4.78 is 92.1. The Balaban J connectivity index is 1.44. The van der Waals surface area contributed by atoms with Crippen molar-refractivity contribution in [3.8, 4) is 11.5 Å². The minimum Gasteiger partial charge on any atom is -0.493 e. The van der Waals surface area contributed by atoms with Gasteiger partial charge in [-0.1, -0.05) is 44.2 Å². The number of benzene rings is 2. The molecule has 13 heteroatoms. The summed E-state index contributed by atoms with van der Waals surface area (Å²) in [7, 11) is 0. The van der Waals surface area contributed by atoms with Crippen molar-refractivity contribution in [2.45, 2.75) is 64.8 Å². The van der Waals surface area contributed by atoms with Crippen LogP contribution in [0.2, 0.25) is 0 Å². The number of hydrogen-bond acceptors (Lipinski definition) is 6. The lowest BCUT2D eigenvalue weighted by molar-refractivity contribution is -0.274. The van der Waals surface area contributed by atoms with E-state index in [1.54, 1.807) is 21.9 Å². The van der Waals surface area contributed by atoms with E-state index in [0.717, 1.165) is 17.7 Å². The van der Waals surface area contributed by atoms with Crippen LogP contribution in [0.1, 0.15) is 44.2 Å². The number of para-hydroxylation sites is 1. The van der Waals surface area contributed by atoms with Crippen molar-refractivity contribution in [3.63, 3.8) is 0 Å². The van der Waals surface area contributed by atoms with Crippen LogP contribution < -0.4 is 9.47 Å². The molecule has 2 aromatic rings. The number of ether oxygens (including phenoxy) is 3. The van der Waals surface area contributed by atoms with Gasteiger partial charge < -0.3 is 19.1 Å². The maximum absolute atomic E-state index is 13.3. The predicted molar refractivity (Wildman–Crippen MR) is 143 cm³/mol. The number of hydrogen-bond donors (Lipinski definition) is 0. The van der Waals surface area contributed by atoms with E-state index in [4.69, 9.17) is 9.47 Å². The van der Waals surface area contributed by atoms with Crippen LogP contribution in [0.25, 0.3) is 0 Å². The molecule has 2 fully saturated rings. The van der Waals surface area contributed by atoms with E-state index in [1.807, 2.05) is 26.0 Å². The second-order valence-electron chi connectivity index (χ2n) is 11.4. The van der Waals surface area contributed by atoms with Crippen molar-refractivity contribution < 1.29 is 50.1 Å². The van der Waals surface area contributed by atoms with Crippen molar-refractivity contribution in [3.05, 3.63) is 59.7 Å². The van der Waals surface area contributed by atoms with Gasteiger partial charge >= 0.3 is 18.5 Å². The highest BCUT2D eigenvalue weighted by Crippen LogP contribution is 2.47. The van der Waals surface area contributed by atoms with Gasteiger partial charge in [0.05, 0.1) is 13.0 Å². The monoisotopic (exact) mass is 616 g/mol. The highest BCUT2D eigenvalue weighted by molar-refractivity contribution is 5.79. The first kappa shape index (κ1) is 32.4. The standard InChI is InChI=1S/C30H34F6N2O5/c1-20(2)19-41-24-6-4-3-5-22(24)18-38-16-13-28(26(38)42-27(40)29(31,32)33)11-14-37(15-12-28)25(39)17-21-7-9-23(10-8-21)43-30(34,35)36/h3-10,20,26H,11-19H2,1-2H3. The van der Waals surface area contributed by atoms with Crippen molar-refractivity contribution in [1.82, 2.24) is 9.80 Å².